The Hall–Kier alpha value is -2.88. The van der Waals surface area contributed by atoms with Crippen LogP contribution in [0.25, 0.3) is 0 Å². The van der Waals surface area contributed by atoms with Crippen LogP contribution in [0, 0.1) is 5.82 Å². The minimum Gasteiger partial charge on any atom is -0.442 e. The molecule has 0 spiro atoms. The van der Waals surface area contributed by atoms with Crippen LogP contribution in [0.3, 0.4) is 0 Å². The number of carbonyl (C=O) groups is 3. The zero-order valence-electron chi connectivity index (χ0n) is 16.3. The minimum absolute atomic E-state index is 0.115. The number of halogens is 1. The molecule has 4 rings (SSSR count). The predicted octanol–water partition coefficient (Wildman–Crippen LogP) is 0.556. The average Bonchev–Trinajstić information content (AvgIpc) is 3.15. The monoisotopic (exact) mass is 405 g/mol. The third-order valence-electron chi connectivity index (χ3n) is 5.46. The first kappa shape index (κ1) is 19.4. The highest BCUT2D eigenvalue weighted by molar-refractivity contribution is 5.90. The summed E-state index contributed by atoms with van der Waals surface area (Å²) in [6.07, 6.45) is -0.494. The van der Waals surface area contributed by atoms with Gasteiger partial charge in [-0.05, 0) is 18.2 Å². The van der Waals surface area contributed by atoms with Gasteiger partial charge < -0.3 is 15.0 Å². The summed E-state index contributed by atoms with van der Waals surface area (Å²) in [6, 6.07) is 4.68. The lowest BCUT2D eigenvalue weighted by molar-refractivity contribution is -0.136. The summed E-state index contributed by atoms with van der Waals surface area (Å²) in [5.74, 6) is -0.515. The van der Waals surface area contributed by atoms with Crippen molar-refractivity contribution in [2.24, 2.45) is 0 Å². The number of fused-ring (bicyclic) bond motifs is 1. The van der Waals surface area contributed by atoms with Gasteiger partial charge in [0, 0.05) is 39.5 Å². The number of hydrogen-bond donors (Lipinski definition) is 1. The van der Waals surface area contributed by atoms with Crippen molar-refractivity contribution in [3.63, 3.8) is 0 Å². The maximum atomic E-state index is 14.9. The van der Waals surface area contributed by atoms with Gasteiger partial charge in [-0.25, -0.2) is 14.2 Å². The van der Waals surface area contributed by atoms with E-state index in [2.05, 4.69) is 5.32 Å². The van der Waals surface area contributed by atoms with Gasteiger partial charge in [-0.1, -0.05) is 0 Å². The van der Waals surface area contributed by atoms with Gasteiger partial charge in [0.25, 0.3) is 0 Å². The molecule has 10 heteroatoms. The lowest BCUT2D eigenvalue weighted by Gasteiger charge is -2.24. The van der Waals surface area contributed by atoms with Crippen LogP contribution in [-0.4, -0.2) is 79.8 Å². The Labute approximate surface area is 167 Å². The van der Waals surface area contributed by atoms with E-state index < -0.39 is 18.0 Å². The average molecular weight is 405 g/mol. The maximum absolute atomic E-state index is 14.9. The van der Waals surface area contributed by atoms with E-state index in [1.54, 1.807) is 17.1 Å². The van der Waals surface area contributed by atoms with Crippen molar-refractivity contribution in [2.75, 3.05) is 55.6 Å². The number of hydrogen-bond acceptors (Lipinski definition) is 6. The van der Waals surface area contributed by atoms with E-state index in [1.165, 1.54) is 17.9 Å². The number of ether oxygens (including phenoxy) is 1. The SMILES string of the molecule is CC(=O)NCC1CN(c2ccc(N3CCN4CCC(=O)N4CC3)c(F)c2)C(=O)O1. The molecule has 9 nitrogen and oxygen atoms in total. The number of anilines is 2. The van der Waals surface area contributed by atoms with Crippen LogP contribution < -0.4 is 15.1 Å². The minimum atomic E-state index is -0.561. The van der Waals surface area contributed by atoms with Gasteiger partial charge in [0.15, 0.2) is 0 Å². The molecule has 1 aromatic rings. The fourth-order valence-electron chi connectivity index (χ4n) is 3.95. The molecule has 3 heterocycles. The summed E-state index contributed by atoms with van der Waals surface area (Å²) in [4.78, 5) is 38.4. The fraction of sp³-hybridized carbons (Fsp3) is 0.526. The molecule has 1 unspecified atom stereocenters. The molecular formula is C19H24FN5O4. The van der Waals surface area contributed by atoms with Gasteiger partial charge in [0.05, 0.1) is 31.0 Å². The molecule has 1 N–H and O–H groups in total. The second-order valence-corrected chi connectivity index (χ2v) is 7.40. The maximum Gasteiger partial charge on any atom is 0.414 e. The molecule has 3 aliphatic heterocycles. The number of rotatable bonds is 4. The number of amides is 3. The van der Waals surface area contributed by atoms with Crippen LogP contribution >= 0.6 is 0 Å². The molecule has 0 aliphatic carbocycles. The number of benzene rings is 1. The number of nitrogens with one attached hydrogen (secondary N) is 1. The number of cyclic esters (lactones) is 1. The smallest absolute Gasteiger partial charge is 0.414 e. The number of hydrazine groups is 1. The zero-order chi connectivity index (χ0) is 20.5. The van der Waals surface area contributed by atoms with Crippen LogP contribution in [0.5, 0.6) is 0 Å². The molecule has 3 aliphatic rings. The Bertz CT molecular complexity index is 835. The third-order valence-corrected chi connectivity index (χ3v) is 5.46. The second kappa shape index (κ2) is 7.86. The van der Waals surface area contributed by atoms with Crippen LogP contribution in [0.4, 0.5) is 20.6 Å². The molecule has 1 atom stereocenters. The summed E-state index contributed by atoms with van der Waals surface area (Å²) >= 11 is 0. The zero-order valence-corrected chi connectivity index (χ0v) is 16.3. The molecule has 3 amide bonds. The van der Waals surface area contributed by atoms with Gasteiger partial charge in [-0.15, -0.1) is 0 Å². The summed E-state index contributed by atoms with van der Waals surface area (Å²) in [5.41, 5.74) is 0.863. The highest BCUT2D eigenvalue weighted by atomic mass is 19.1. The van der Waals surface area contributed by atoms with E-state index in [4.69, 9.17) is 4.74 Å². The molecule has 1 aromatic carbocycles. The first-order valence-electron chi connectivity index (χ1n) is 9.74. The van der Waals surface area contributed by atoms with Crippen molar-refractivity contribution in [3.8, 4) is 0 Å². The fourth-order valence-corrected chi connectivity index (χ4v) is 3.95. The molecule has 0 bridgehead atoms. The highest BCUT2D eigenvalue weighted by Crippen LogP contribution is 2.29. The van der Waals surface area contributed by atoms with Gasteiger partial charge in [-0.2, -0.15) is 0 Å². The topological polar surface area (TPSA) is 85.4 Å². The normalized spacial score (nSPS) is 22.6. The van der Waals surface area contributed by atoms with E-state index in [9.17, 15) is 18.8 Å². The van der Waals surface area contributed by atoms with Crippen LogP contribution in [-0.2, 0) is 14.3 Å². The van der Waals surface area contributed by atoms with Gasteiger partial charge in [-0.3, -0.25) is 19.5 Å². The Balaban J connectivity index is 1.44. The van der Waals surface area contributed by atoms with Crippen LogP contribution in [0.2, 0.25) is 0 Å². The molecule has 0 radical (unpaired) electrons. The largest absolute Gasteiger partial charge is 0.442 e. The molecular weight excluding hydrogens is 381 g/mol. The third kappa shape index (κ3) is 3.98. The Morgan fingerprint density at radius 1 is 1.21 bits per heavy atom. The first-order valence-corrected chi connectivity index (χ1v) is 9.74. The molecule has 156 valence electrons. The van der Waals surface area contributed by atoms with Crippen LogP contribution in [0.15, 0.2) is 18.2 Å². The van der Waals surface area contributed by atoms with Crippen molar-refractivity contribution >= 4 is 29.3 Å². The summed E-state index contributed by atoms with van der Waals surface area (Å²) < 4.78 is 20.1. The molecule has 3 saturated heterocycles. The van der Waals surface area contributed by atoms with Gasteiger partial charge in [0.2, 0.25) is 11.8 Å². The molecule has 0 aromatic heterocycles. The summed E-state index contributed by atoms with van der Waals surface area (Å²) in [6.45, 7) is 4.92. The van der Waals surface area contributed by atoms with Crippen molar-refractivity contribution in [1.82, 2.24) is 15.3 Å². The van der Waals surface area contributed by atoms with E-state index in [0.717, 1.165) is 0 Å². The van der Waals surface area contributed by atoms with Crippen LogP contribution in [0.1, 0.15) is 13.3 Å². The number of carbonyl (C=O) groups excluding carboxylic acids is 3. The quantitative estimate of drug-likeness (QED) is 0.788. The van der Waals surface area contributed by atoms with Crippen molar-refractivity contribution in [3.05, 3.63) is 24.0 Å². The van der Waals surface area contributed by atoms with Crippen molar-refractivity contribution in [1.29, 1.82) is 0 Å². The van der Waals surface area contributed by atoms with E-state index in [0.29, 0.717) is 50.5 Å². The Morgan fingerprint density at radius 2 is 2.00 bits per heavy atom. The van der Waals surface area contributed by atoms with E-state index in [1.807, 2.05) is 9.91 Å². The number of nitrogens with zero attached hydrogens (tertiary/aromatic N) is 4. The lowest BCUT2D eigenvalue weighted by Crippen LogP contribution is -2.39. The highest BCUT2D eigenvalue weighted by Gasteiger charge is 2.34. The molecule has 0 saturated carbocycles. The Kier molecular flexibility index (Phi) is 5.27. The lowest BCUT2D eigenvalue weighted by atomic mass is 10.2. The molecule has 3 fully saturated rings. The Morgan fingerprint density at radius 3 is 2.76 bits per heavy atom. The van der Waals surface area contributed by atoms with E-state index >= 15 is 0 Å². The summed E-state index contributed by atoms with van der Waals surface area (Å²) in [7, 11) is 0. The second-order valence-electron chi connectivity index (χ2n) is 7.40. The van der Waals surface area contributed by atoms with Gasteiger partial charge in [0.1, 0.15) is 11.9 Å². The first-order chi connectivity index (χ1) is 13.9. The van der Waals surface area contributed by atoms with E-state index in [-0.39, 0.29) is 24.9 Å². The van der Waals surface area contributed by atoms with Gasteiger partial charge >= 0.3 is 6.09 Å². The van der Waals surface area contributed by atoms with Crippen molar-refractivity contribution < 1.29 is 23.5 Å². The molecule has 29 heavy (non-hydrogen) atoms. The van der Waals surface area contributed by atoms with Crippen molar-refractivity contribution in [2.45, 2.75) is 19.4 Å². The standard InChI is InChI=1S/C19H24FN5O4/c1-13(26)21-11-15-12-24(19(28)29-15)14-2-3-17(16(20)10-14)22-6-8-23-5-4-18(27)25(23)9-7-22/h2-3,10,15H,4-9,11-12H2,1H3,(H,21,26). The summed E-state index contributed by atoms with van der Waals surface area (Å²) in [5, 5.41) is 6.38. The predicted molar refractivity (Wildman–Crippen MR) is 103 cm³/mol.